The molecule has 1 unspecified atom stereocenters. The van der Waals surface area contributed by atoms with E-state index in [1.165, 1.54) is 43.6 Å². The number of likely N-dealkylation sites (N-methyl/N-ethyl adjacent to an activating group) is 1. The first-order chi connectivity index (χ1) is 13.5. The lowest BCUT2D eigenvalue weighted by molar-refractivity contribution is -0.127. The van der Waals surface area contributed by atoms with Crippen LogP contribution in [0, 0.1) is 5.92 Å². The molecule has 29 heavy (non-hydrogen) atoms. The molecule has 0 aliphatic carbocycles. The third kappa shape index (κ3) is 9.65. The first-order valence-electron chi connectivity index (χ1n) is 10.5. The maximum atomic E-state index is 12.0. The van der Waals surface area contributed by atoms with Crippen molar-refractivity contribution in [3.05, 3.63) is 22.4 Å². The molecule has 1 fully saturated rings. The van der Waals surface area contributed by atoms with Gasteiger partial charge in [-0.2, -0.15) is 0 Å². The Morgan fingerprint density at radius 3 is 2.45 bits per heavy atom. The maximum Gasteiger partial charge on any atom is 0.243 e. The summed E-state index contributed by atoms with van der Waals surface area (Å²) < 4.78 is 0. The van der Waals surface area contributed by atoms with E-state index in [0.29, 0.717) is 17.9 Å². The van der Waals surface area contributed by atoms with E-state index < -0.39 is 0 Å². The van der Waals surface area contributed by atoms with Crippen LogP contribution in [0.1, 0.15) is 44.4 Å². The quantitative estimate of drug-likeness (QED) is 0.305. The van der Waals surface area contributed by atoms with Crippen LogP contribution in [0.2, 0.25) is 0 Å². The Morgan fingerprint density at radius 2 is 1.90 bits per heavy atom. The van der Waals surface area contributed by atoms with Gasteiger partial charge in [0.2, 0.25) is 5.91 Å². The van der Waals surface area contributed by atoms with Gasteiger partial charge < -0.3 is 15.5 Å². The summed E-state index contributed by atoms with van der Waals surface area (Å²) in [5, 5.41) is 8.97. The minimum Gasteiger partial charge on any atom is -0.355 e. The van der Waals surface area contributed by atoms with Crippen molar-refractivity contribution in [3.8, 4) is 0 Å². The number of hydrogen-bond acceptors (Lipinski definition) is 4. The molecule has 0 saturated carbocycles. The van der Waals surface area contributed by atoms with E-state index in [1.54, 1.807) is 30.3 Å². The number of hydrogen-bond donors (Lipinski definition) is 2. The van der Waals surface area contributed by atoms with Crippen molar-refractivity contribution in [3.63, 3.8) is 0 Å². The molecule has 2 N–H and O–H groups in total. The fraction of sp³-hybridized carbons (Fsp3) is 0.714. The van der Waals surface area contributed by atoms with Crippen LogP contribution in [-0.4, -0.2) is 68.0 Å². The van der Waals surface area contributed by atoms with Gasteiger partial charge in [-0.25, -0.2) is 4.99 Å². The molecule has 1 aliphatic heterocycles. The van der Waals surface area contributed by atoms with Gasteiger partial charge in [-0.3, -0.25) is 9.69 Å². The number of carbonyl (C=O) groups is 1. The van der Waals surface area contributed by atoms with Crippen LogP contribution in [0.4, 0.5) is 0 Å². The standard InChI is InChI=1S/C21H37N5OS.HI/c1-17(2)19(26-11-7-5-6-8-12-26)15-23-21(24-16-20(27)25(3)4)22-14-18-10-9-13-28-18;/h9-10,13,17,19H,5-8,11-12,14-16H2,1-4H3,(H2,22,23,24);1H. The molecule has 0 radical (unpaired) electrons. The summed E-state index contributed by atoms with van der Waals surface area (Å²) in [5.74, 6) is 1.28. The lowest BCUT2D eigenvalue weighted by Crippen LogP contribution is -2.49. The minimum absolute atomic E-state index is 0. The number of aliphatic imine (C=N–C) groups is 1. The number of amides is 1. The molecule has 6 nitrogen and oxygen atoms in total. The van der Waals surface area contributed by atoms with Gasteiger partial charge in [-0.15, -0.1) is 35.3 Å². The average Bonchev–Trinajstić information content (AvgIpc) is 3.04. The number of likely N-dealkylation sites (tertiary alicyclic amines) is 1. The summed E-state index contributed by atoms with van der Waals surface area (Å²) in [6.45, 7) is 8.66. The summed E-state index contributed by atoms with van der Waals surface area (Å²) in [6.07, 6.45) is 5.27. The molecule has 0 aromatic carbocycles. The third-order valence-electron chi connectivity index (χ3n) is 5.24. The number of thiophene rings is 1. The van der Waals surface area contributed by atoms with Gasteiger partial charge in [0.1, 0.15) is 6.54 Å². The highest BCUT2D eigenvalue weighted by molar-refractivity contribution is 14.0. The fourth-order valence-corrected chi connectivity index (χ4v) is 4.11. The molecule has 166 valence electrons. The number of halogens is 1. The first kappa shape index (κ1) is 26.2. The minimum atomic E-state index is 0. The molecule has 1 atom stereocenters. The Labute approximate surface area is 197 Å². The molecular weight excluding hydrogens is 497 g/mol. The highest BCUT2D eigenvalue weighted by Crippen LogP contribution is 2.17. The van der Waals surface area contributed by atoms with Crippen LogP contribution in [0.15, 0.2) is 22.5 Å². The van der Waals surface area contributed by atoms with E-state index >= 15 is 0 Å². The number of carbonyl (C=O) groups excluding carboxylic acids is 1. The van der Waals surface area contributed by atoms with Crippen molar-refractivity contribution in [1.29, 1.82) is 0 Å². The topological polar surface area (TPSA) is 60.0 Å². The Bertz CT molecular complexity index is 598. The molecule has 1 amide bonds. The van der Waals surface area contributed by atoms with Gasteiger partial charge in [-0.05, 0) is 43.3 Å². The maximum absolute atomic E-state index is 12.0. The monoisotopic (exact) mass is 535 g/mol. The van der Waals surface area contributed by atoms with Crippen molar-refractivity contribution in [2.24, 2.45) is 10.9 Å². The summed E-state index contributed by atoms with van der Waals surface area (Å²) in [4.78, 5) is 22.0. The van der Waals surface area contributed by atoms with Gasteiger partial charge >= 0.3 is 0 Å². The molecule has 0 bridgehead atoms. The zero-order valence-corrected chi connectivity index (χ0v) is 21.5. The Hall–Kier alpha value is -0.870. The van der Waals surface area contributed by atoms with E-state index in [2.05, 4.69) is 51.9 Å². The van der Waals surface area contributed by atoms with Crippen LogP contribution < -0.4 is 10.6 Å². The molecule has 2 heterocycles. The van der Waals surface area contributed by atoms with Gasteiger partial charge in [0.05, 0.1) is 6.54 Å². The number of nitrogens with zero attached hydrogens (tertiary/aromatic N) is 3. The zero-order chi connectivity index (χ0) is 20.4. The van der Waals surface area contributed by atoms with Crippen LogP contribution >= 0.6 is 35.3 Å². The van der Waals surface area contributed by atoms with Gasteiger partial charge in [0.25, 0.3) is 0 Å². The Balaban J connectivity index is 0.00000420. The van der Waals surface area contributed by atoms with Crippen molar-refractivity contribution in [2.75, 3.05) is 40.3 Å². The second-order valence-electron chi connectivity index (χ2n) is 8.03. The smallest absolute Gasteiger partial charge is 0.243 e. The van der Waals surface area contributed by atoms with Crippen molar-refractivity contribution in [2.45, 2.75) is 52.1 Å². The predicted octanol–water partition coefficient (Wildman–Crippen LogP) is 3.39. The molecule has 2 rings (SSSR count). The highest BCUT2D eigenvalue weighted by Gasteiger charge is 2.23. The largest absolute Gasteiger partial charge is 0.355 e. The molecule has 1 aliphatic rings. The molecule has 1 aromatic heterocycles. The summed E-state index contributed by atoms with van der Waals surface area (Å²) in [6, 6.07) is 4.63. The average molecular weight is 536 g/mol. The predicted molar refractivity (Wildman–Crippen MR) is 134 cm³/mol. The van der Waals surface area contributed by atoms with Gasteiger partial charge in [0, 0.05) is 31.6 Å². The third-order valence-corrected chi connectivity index (χ3v) is 6.12. The van der Waals surface area contributed by atoms with Gasteiger partial charge in [0.15, 0.2) is 5.96 Å². The second-order valence-corrected chi connectivity index (χ2v) is 9.06. The van der Waals surface area contributed by atoms with E-state index in [9.17, 15) is 4.79 Å². The van der Waals surface area contributed by atoms with Crippen molar-refractivity contribution in [1.82, 2.24) is 20.4 Å². The van der Waals surface area contributed by atoms with Crippen LogP contribution in [-0.2, 0) is 11.3 Å². The van der Waals surface area contributed by atoms with Crippen molar-refractivity contribution >= 4 is 47.2 Å². The zero-order valence-electron chi connectivity index (χ0n) is 18.3. The normalized spacial score (nSPS) is 16.7. The molecule has 0 spiro atoms. The summed E-state index contributed by atoms with van der Waals surface area (Å²) in [5.41, 5.74) is 0. The van der Waals surface area contributed by atoms with E-state index in [4.69, 9.17) is 0 Å². The lowest BCUT2D eigenvalue weighted by atomic mass is 10.0. The highest BCUT2D eigenvalue weighted by atomic mass is 127. The number of rotatable bonds is 8. The van der Waals surface area contributed by atoms with E-state index in [0.717, 1.165) is 13.1 Å². The lowest BCUT2D eigenvalue weighted by Gasteiger charge is -2.34. The summed E-state index contributed by atoms with van der Waals surface area (Å²) in [7, 11) is 3.52. The van der Waals surface area contributed by atoms with Crippen LogP contribution in [0.25, 0.3) is 0 Å². The Kier molecular flexibility index (Phi) is 12.8. The Morgan fingerprint density at radius 1 is 1.21 bits per heavy atom. The fourth-order valence-electron chi connectivity index (χ4n) is 3.46. The van der Waals surface area contributed by atoms with Gasteiger partial charge in [-0.1, -0.05) is 32.8 Å². The summed E-state index contributed by atoms with van der Waals surface area (Å²) >= 11 is 1.72. The van der Waals surface area contributed by atoms with Crippen molar-refractivity contribution < 1.29 is 4.79 Å². The van der Waals surface area contributed by atoms with Crippen LogP contribution in [0.5, 0.6) is 0 Å². The number of nitrogens with one attached hydrogen (secondary N) is 2. The second kappa shape index (κ2) is 14.2. The van der Waals surface area contributed by atoms with E-state index in [-0.39, 0.29) is 36.4 Å². The number of guanidine groups is 1. The molecule has 1 aromatic rings. The van der Waals surface area contributed by atoms with E-state index in [1.807, 2.05) is 0 Å². The SMILES string of the molecule is CC(C)C(CNC(=NCC(=O)N(C)C)NCc1cccs1)N1CCCCCC1.I. The molecule has 1 saturated heterocycles. The first-order valence-corrected chi connectivity index (χ1v) is 11.3. The molecular formula is C21H38IN5OS. The molecule has 8 heteroatoms. The van der Waals surface area contributed by atoms with Crippen LogP contribution in [0.3, 0.4) is 0 Å².